The second kappa shape index (κ2) is 6.22. The number of hydrogen-bond acceptors (Lipinski definition) is 5. The minimum absolute atomic E-state index is 0.0841. The molecule has 6 heteroatoms. The number of thiophene rings is 1. The largest absolute Gasteiger partial charge is 0.378 e. The van der Waals surface area contributed by atoms with Crippen LogP contribution in [0.3, 0.4) is 0 Å². The molecule has 3 N–H and O–H groups in total. The Morgan fingerprint density at radius 3 is 3.10 bits per heavy atom. The summed E-state index contributed by atoms with van der Waals surface area (Å²) in [6.45, 7) is 2.39. The van der Waals surface area contributed by atoms with Gasteiger partial charge in [0, 0.05) is 25.2 Å². The van der Waals surface area contributed by atoms with Crippen LogP contribution in [0.25, 0.3) is 0 Å². The van der Waals surface area contributed by atoms with E-state index in [2.05, 4.69) is 27.0 Å². The van der Waals surface area contributed by atoms with Crippen molar-refractivity contribution in [3.8, 4) is 0 Å². The van der Waals surface area contributed by atoms with Gasteiger partial charge in [-0.25, -0.2) is 0 Å². The Labute approximate surface area is 123 Å². The highest BCUT2D eigenvalue weighted by atomic mass is 32.1. The van der Waals surface area contributed by atoms with E-state index in [-0.39, 0.29) is 18.0 Å². The fourth-order valence-corrected chi connectivity index (χ4v) is 3.38. The predicted molar refractivity (Wildman–Crippen MR) is 78.6 cm³/mol. The quantitative estimate of drug-likeness (QED) is 0.840. The van der Waals surface area contributed by atoms with E-state index in [9.17, 15) is 4.79 Å². The van der Waals surface area contributed by atoms with Gasteiger partial charge in [-0.05, 0) is 35.2 Å². The van der Waals surface area contributed by atoms with Crippen molar-refractivity contribution >= 4 is 17.2 Å². The fraction of sp³-hybridized carbons (Fsp3) is 0.643. The summed E-state index contributed by atoms with van der Waals surface area (Å²) in [5, 5.41) is 7.25. The van der Waals surface area contributed by atoms with Gasteiger partial charge in [0.1, 0.15) is 6.04 Å². The Morgan fingerprint density at radius 1 is 1.60 bits per heavy atom. The Bertz CT molecular complexity index is 447. The first-order valence-electron chi connectivity index (χ1n) is 7.15. The Balaban J connectivity index is 1.74. The molecule has 1 aliphatic heterocycles. The van der Waals surface area contributed by atoms with Gasteiger partial charge in [-0.3, -0.25) is 9.69 Å². The lowest BCUT2D eigenvalue weighted by atomic mass is 10.1. The fourth-order valence-electron chi connectivity index (χ4n) is 2.67. The van der Waals surface area contributed by atoms with Crippen molar-refractivity contribution < 1.29 is 9.53 Å². The molecule has 0 bridgehead atoms. The number of amides is 1. The first-order chi connectivity index (χ1) is 9.79. The Hall–Kier alpha value is -0.950. The average Bonchev–Trinajstić information content (AvgIpc) is 3.12. The first-order valence-corrected chi connectivity index (χ1v) is 8.10. The molecule has 2 fully saturated rings. The van der Waals surface area contributed by atoms with Crippen LogP contribution in [-0.4, -0.2) is 49.2 Å². The molecule has 3 rings (SSSR count). The molecule has 0 spiro atoms. The summed E-state index contributed by atoms with van der Waals surface area (Å²) in [7, 11) is 0. The molecule has 5 nitrogen and oxygen atoms in total. The molecule has 2 atom stereocenters. The summed E-state index contributed by atoms with van der Waals surface area (Å²) in [5.41, 5.74) is 7.16. The van der Waals surface area contributed by atoms with Crippen molar-refractivity contribution in [3.05, 3.63) is 22.4 Å². The van der Waals surface area contributed by atoms with Gasteiger partial charge in [-0.15, -0.1) is 0 Å². The molecule has 2 heterocycles. The van der Waals surface area contributed by atoms with Crippen LogP contribution in [0.5, 0.6) is 0 Å². The van der Waals surface area contributed by atoms with Crippen molar-refractivity contribution in [2.75, 3.05) is 26.3 Å². The molecular weight excluding hydrogens is 274 g/mol. The van der Waals surface area contributed by atoms with E-state index in [1.165, 1.54) is 5.56 Å². The van der Waals surface area contributed by atoms with E-state index in [0.717, 1.165) is 19.4 Å². The van der Waals surface area contributed by atoms with Gasteiger partial charge < -0.3 is 15.8 Å². The highest BCUT2D eigenvalue weighted by Gasteiger charge is 2.36. The molecule has 1 saturated heterocycles. The minimum Gasteiger partial charge on any atom is -0.378 e. The van der Waals surface area contributed by atoms with E-state index in [4.69, 9.17) is 10.5 Å². The highest BCUT2D eigenvalue weighted by molar-refractivity contribution is 7.07. The molecule has 0 aromatic carbocycles. The molecule has 1 amide bonds. The number of nitrogens with one attached hydrogen (secondary N) is 1. The second-order valence-corrected chi connectivity index (χ2v) is 6.20. The Morgan fingerprint density at radius 2 is 2.45 bits per heavy atom. The van der Waals surface area contributed by atoms with Crippen LogP contribution in [0.1, 0.15) is 24.4 Å². The van der Waals surface area contributed by atoms with Crippen molar-refractivity contribution in [2.24, 2.45) is 5.73 Å². The lowest BCUT2D eigenvalue weighted by Gasteiger charge is -2.39. The Kier molecular flexibility index (Phi) is 4.35. The highest BCUT2D eigenvalue weighted by Crippen LogP contribution is 2.27. The molecule has 2 aliphatic rings. The number of ether oxygens (including phenoxy) is 1. The zero-order valence-electron chi connectivity index (χ0n) is 11.5. The third-order valence-electron chi connectivity index (χ3n) is 3.95. The molecule has 0 radical (unpaired) electrons. The number of hydrogen-bond donors (Lipinski definition) is 2. The molecule has 2 unspecified atom stereocenters. The number of nitrogens with two attached hydrogens (primary N) is 1. The number of nitrogens with zero attached hydrogens (tertiary/aromatic N) is 1. The number of carbonyl (C=O) groups is 1. The molecule has 20 heavy (non-hydrogen) atoms. The summed E-state index contributed by atoms with van der Waals surface area (Å²) in [5.74, 6) is 0.0841. The maximum absolute atomic E-state index is 12.4. The lowest BCUT2D eigenvalue weighted by molar-refractivity contribution is -0.134. The van der Waals surface area contributed by atoms with Crippen LogP contribution in [0.2, 0.25) is 0 Å². The van der Waals surface area contributed by atoms with Crippen LogP contribution >= 0.6 is 11.3 Å². The van der Waals surface area contributed by atoms with E-state index in [1.807, 2.05) is 0 Å². The predicted octanol–water partition coefficient (Wildman–Crippen LogP) is 0.727. The van der Waals surface area contributed by atoms with Crippen LogP contribution in [0.15, 0.2) is 16.8 Å². The number of morpholine rings is 1. The van der Waals surface area contributed by atoms with Gasteiger partial charge in [0.15, 0.2) is 0 Å². The normalized spacial score (nSPS) is 25.4. The van der Waals surface area contributed by atoms with Gasteiger partial charge in [0.2, 0.25) is 5.91 Å². The van der Waals surface area contributed by atoms with Gasteiger partial charge in [0.05, 0.1) is 13.2 Å². The molecule has 1 saturated carbocycles. The minimum atomic E-state index is -0.224. The summed E-state index contributed by atoms with van der Waals surface area (Å²) < 4.78 is 5.51. The lowest BCUT2D eigenvalue weighted by Crippen LogP contribution is -2.56. The molecular formula is C14H21N3O2S. The topological polar surface area (TPSA) is 67.6 Å². The van der Waals surface area contributed by atoms with Crippen LogP contribution in [0, 0.1) is 0 Å². The van der Waals surface area contributed by atoms with E-state index in [0.29, 0.717) is 25.8 Å². The summed E-state index contributed by atoms with van der Waals surface area (Å²) in [6.07, 6.45) is 2.20. The van der Waals surface area contributed by atoms with Crippen LogP contribution in [-0.2, 0) is 9.53 Å². The molecule has 110 valence electrons. The second-order valence-electron chi connectivity index (χ2n) is 5.42. The zero-order chi connectivity index (χ0) is 13.9. The standard InChI is InChI=1S/C14H21N3O2S/c15-7-12(10-3-6-20-9-10)17-4-5-19-8-13(17)14(18)16-11-1-2-11/h3,6,9,11-13H,1-2,4-5,7-8,15H2,(H,16,18). The number of carbonyl (C=O) groups excluding carboxylic acids is 1. The molecule has 1 aromatic heterocycles. The zero-order valence-corrected chi connectivity index (χ0v) is 12.3. The maximum atomic E-state index is 12.4. The van der Waals surface area contributed by atoms with Gasteiger partial charge in [-0.2, -0.15) is 11.3 Å². The van der Waals surface area contributed by atoms with Crippen LogP contribution < -0.4 is 11.1 Å². The molecule has 1 aliphatic carbocycles. The van der Waals surface area contributed by atoms with E-state index >= 15 is 0 Å². The van der Waals surface area contributed by atoms with Crippen molar-refractivity contribution in [1.82, 2.24) is 10.2 Å². The monoisotopic (exact) mass is 295 g/mol. The number of rotatable bonds is 5. The SMILES string of the molecule is NCC(c1ccsc1)N1CCOCC1C(=O)NC1CC1. The summed E-state index contributed by atoms with van der Waals surface area (Å²) >= 11 is 1.66. The first kappa shape index (κ1) is 14.0. The van der Waals surface area contributed by atoms with Crippen molar-refractivity contribution in [1.29, 1.82) is 0 Å². The van der Waals surface area contributed by atoms with E-state index < -0.39 is 0 Å². The van der Waals surface area contributed by atoms with Gasteiger partial charge in [0.25, 0.3) is 0 Å². The van der Waals surface area contributed by atoms with E-state index in [1.54, 1.807) is 11.3 Å². The summed E-state index contributed by atoms with van der Waals surface area (Å²) in [6, 6.07) is 2.34. The van der Waals surface area contributed by atoms with Gasteiger partial charge in [-0.1, -0.05) is 0 Å². The van der Waals surface area contributed by atoms with Gasteiger partial charge >= 0.3 is 0 Å². The average molecular weight is 295 g/mol. The smallest absolute Gasteiger partial charge is 0.239 e. The third-order valence-corrected chi connectivity index (χ3v) is 4.65. The van der Waals surface area contributed by atoms with Crippen molar-refractivity contribution in [2.45, 2.75) is 31.0 Å². The maximum Gasteiger partial charge on any atom is 0.239 e. The molecule has 1 aromatic rings. The van der Waals surface area contributed by atoms with Crippen LogP contribution in [0.4, 0.5) is 0 Å². The third kappa shape index (κ3) is 3.03. The van der Waals surface area contributed by atoms with Crippen molar-refractivity contribution in [3.63, 3.8) is 0 Å². The summed E-state index contributed by atoms with van der Waals surface area (Å²) in [4.78, 5) is 14.6.